The highest BCUT2D eigenvalue weighted by molar-refractivity contribution is 7.90. The average Bonchev–Trinajstić information content (AvgIpc) is 3.97. The quantitative estimate of drug-likeness (QED) is 0.0417. The molecule has 0 radical (unpaired) electrons. The average molecular weight is 1180 g/mol. The fourth-order valence-corrected chi connectivity index (χ4v) is 16.1. The molecule has 0 unspecified atom stereocenters. The smallest absolute Gasteiger partial charge is 0.470 e. The first-order valence-corrected chi connectivity index (χ1v) is 32.3. The maximum atomic E-state index is 15.0. The number of fused-ring (bicyclic) bond motifs is 4. The van der Waals surface area contributed by atoms with Gasteiger partial charge in [-0.1, -0.05) is 18.2 Å². The molecule has 5 N–H and O–H groups in total. The fourth-order valence-electron chi connectivity index (χ4n) is 14.3. The highest BCUT2D eigenvalue weighted by Crippen LogP contribution is 2.52. The molecule has 22 nitrogen and oxygen atoms in total. The highest BCUT2D eigenvalue weighted by atomic mass is 32.2. The molecule has 3 saturated heterocycles. The molecular formula is C59H75N8O14PS. The molecule has 5 aliphatic heterocycles. The largest absolute Gasteiger partial charge is 0.491 e. The number of ether oxygens (including phenoxy) is 5. The molecule has 3 aromatic carbocycles. The Morgan fingerprint density at radius 1 is 0.916 bits per heavy atom. The molecule has 5 fully saturated rings. The van der Waals surface area contributed by atoms with E-state index in [4.69, 9.17) is 33.2 Å². The number of sulfonamides is 1. The van der Waals surface area contributed by atoms with Crippen molar-refractivity contribution < 1.29 is 60.7 Å². The number of phosphoric ester groups is 1. The van der Waals surface area contributed by atoms with Gasteiger partial charge in [0, 0.05) is 73.4 Å². The third kappa shape index (κ3) is 11.8. The van der Waals surface area contributed by atoms with E-state index in [1.165, 1.54) is 11.6 Å². The van der Waals surface area contributed by atoms with Crippen LogP contribution in [0.4, 0.5) is 28.4 Å². The van der Waals surface area contributed by atoms with Crippen molar-refractivity contribution in [1.29, 1.82) is 0 Å². The number of rotatable bonds is 13. The van der Waals surface area contributed by atoms with Crippen LogP contribution in [0.5, 0.6) is 17.4 Å². The molecule has 0 bridgehead atoms. The summed E-state index contributed by atoms with van der Waals surface area (Å²) in [4.78, 5) is 60.6. The molecule has 2 aromatic heterocycles. The number of carbonyl (C=O) groups excluding carboxylic acids is 1. The van der Waals surface area contributed by atoms with Crippen LogP contribution in [0.1, 0.15) is 127 Å². The lowest BCUT2D eigenvalue weighted by molar-refractivity contribution is -0.384. The molecule has 1 amide bonds. The third-order valence-electron chi connectivity index (χ3n) is 18.7. The number of amides is 1. The lowest BCUT2D eigenvalue weighted by Gasteiger charge is -2.50. The predicted octanol–water partition coefficient (Wildman–Crippen LogP) is 9.68. The monoisotopic (exact) mass is 1180 g/mol. The van der Waals surface area contributed by atoms with Gasteiger partial charge in [-0.3, -0.25) is 24.3 Å². The van der Waals surface area contributed by atoms with Crippen molar-refractivity contribution in [2.45, 2.75) is 158 Å². The number of phosphoric acid groups is 1. The van der Waals surface area contributed by atoms with E-state index in [0.29, 0.717) is 80.3 Å². The second-order valence-corrected chi connectivity index (χ2v) is 27.3. The number of nitro groups is 1. The zero-order valence-electron chi connectivity index (χ0n) is 47.4. The van der Waals surface area contributed by atoms with Gasteiger partial charge in [-0.25, -0.2) is 17.7 Å². The number of aromatic amines is 1. The minimum Gasteiger partial charge on any atom is -0.491 e. The van der Waals surface area contributed by atoms with Crippen LogP contribution in [-0.2, 0) is 28.6 Å². The van der Waals surface area contributed by atoms with E-state index in [-0.39, 0.29) is 59.7 Å². The van der Waals surface area contributed by atoms with Gasteiger partial charge in [0.15, 0.2) is 11.4 Å². The first kappa shape index (κ1) is 57.4. The molecule has 5 atom stereocenters. The van der Waals surface area contributed by atoms with Gasteiger partial charge < -0.3 is 53.6 Å². The zero-order valence-corrected chi connectivity index (χ0v) is 49.1. The van der Waals surface area contributed by atoms with Crippen molar-refractivity contribution in [3.8, 4) is 17.4 Å². The number of nitro benzene ring substituents is 1. The molecule has 1 spiro atoms. The van der Waals surface area contributed by atoms with Gasteiger partial charge in [0.2, 0.25) is 5.88 Å². The van der Waals surface area contributed by atoms with Crippen molar-refractivity contribution in [2.24, 2.45) is 11.3 Å². The van der Waals surface area contributed by atoms with Gasteiger partial charge in [0.1, 0.15) is 29.8 Å². The Balaban J connectivity index is 0.806. The van der Waals surface area contributed by atoms with E-state index in [1.807, 2.05) is 30.3 Å². The van der Waals surface area contributed by atoms with E-state index in [9.17, 15) is 37.7 Å². The summed E-state index contributed by atoms with van der Waals surface area (Å²) in [7, 11) is -9.52. The summed E-state index contributed by atoms with van der Waals surface area (Å²) < 4.78 is 79.3. The molecule has 5 aromatic rings. The summed E-state index contributed by atoms with van der Waals surface area (Å²) in [6, 6.07) is 20.0. The summed E-state index contributed by atoms with van der Waals surface area (Å²) in [5.74, 6) is 0.145. The second kappa shape index (κ2) is 22.8. The summed E-state index contributed by atoms with van der Waals surface area (Å²) in [6.45, 7) is 11.8. The van der Waals surface area contributed by atoms with Crippen LogP contribution in [-0.4, -0.2) is 132 Å². The molecule has 7 heterocycles. The molecule has 7 aliphatic rings. The van der Waals surface area contributed by atoms with Gasteiger partial charge >= 0.3 is 7.82 Å². The number of benzene rings is 3. The zero-order chi connectivity index (χ0) is 58.0. The molecule has 12 rings (SSSR count). The van der Waals surface area contributed by atoms with Crippen molar-refractivity contribution in [1.82, 2.24) is 19.6 Å². The normalized spacial score (nSPS) is 26.9. The molecule has 24 heteroatoms. The Bertz CT molecular complexity index is 3410. The minimum atomic E-state index is -4.79. The number of para-hydroxylation sites is 1. The van der Waals surface area contributed by atoms with Crippen LogP contribution in [0.15, 0.2) is 77.8 Å². The van der Waals surface area contributed by atoms with Crippen LogP contribution in [0.25, 0.3) is 11.0 Å². The number of hydrogen-bond acceptors (Lipinski definition) is 17. The van der Waals surface area contributed by atoms with E-state index < -0.39 is 57.0 Å². The first-order valence-electron chi connectivity index (χ1n) is 29.3. The Morgan fingerprint density at radius 3 is 2.41 bits per heavy atom. The van der Waals surface area contributed by atoms with Crippen LogP contribution < -0.4 is 34.0 Å². The number of H-pyrrole nitrogens is 1. The van der Waals surface area contributed by atoms with Crippen LogP contribution >= 0.6 is 7.82 Å². The van der Waals surface area contributed by atoms with E-state index >= 15 is 0 Å². The number of anilines is 4. The SMILES string of the molecule is CC(C)Oc1ccccc1[C@@H]1COCC[C@H](C)N1C1CCC2(CC1)CCN(c1ccc(C(=O)NS(=O)(=O)c3cc4c(c([N+](=O)[O-])c3)N[C@H](C3CCC(C)(OP(=O)(O)O)CC3)CO4)c(N3c4cc5cc[nH]c5nc4O[C@H]4COCC[C@@H]43)c1)CC2. The number of aromatic nitrogens is 2. The number of carbonyl (C=O) groups is 1. The summed E-state index contributed by atoms with van der Waals surface area (Å²) in [5.41, 5.74) is 2.37. The van der Waals surface area contributed by atoms with E-state index in [1.54, 1.807) is 19.2 Å². The van der Waals surface area contributed by atoms with Crippen molar-refractivity contribution in [3.63, 3.8) is 0 Å². The van der Waals surface area contributed by atoms with Crippen molar-refractivity contribution in [3.05, 3.63) is 94.2 Å². The fraction of sp³-hybridized carbons (Fsp3) is 0.559. The lowest BCUT2D eigenvalue weighted by Crippen LogP contribution is -2.53. The Hall–Kier alpha value is -6.04. The maximum absolute atomic E-state index is 15.0. The standard InChI is InChI=1S/C59H75N8O14PS/c1-36(2)79-51-8-6-5-7-43(51)50-34-76-27-16-37(3)65(50)40-13-20-59(21-14-40)22-25-64(26-23-59)41-9-10-44(47(30-41)66-46-17-28-77-35-53(46)80-57-49(66)29-39-15-24-60-55(39)62-57)56(68)63-83(74,75)42-31-48(67(69)70)54-52(32-42)78-33-45(61-54)38-11-18-58(4,19-12-38)81-82(71,72)73/h5-10,15,24,29-32,36-38,40,45-46,50,53,61H,11-14,16-23,25-28,33-35H2,1-4H3,(H,60,62)(H,63,68)(H2,71,72,73)/t37-,38?,45-,46-,50-,53-,58?/m0/s1. The molecular weight excluding hydrogens is 1110 g/mol. The van der Waals surface area contributed by atoms with Crippen LogP contribution in [0, 0.1) is 21.4 Å². The van der Waals surface area contributed by atoms with Gasteiger partial charge in [0.05, 0.1) is 64.1 Å². The Morgan fingerprint density at radius 2 is 1.66 bits per heavy atom. The summed E-state index contributed by atoms with van der Waals surface area (Å²) in [5, 5.41) is 16.8. The minimum absolute atomic E-state index is 0.00546. The second-order valence-electron chi connectivity index (χ2n) is 24.4. The van der Waals surface area contributed by atoms with E-state index in [0.717, 1.165) is 87.5 Å². The molecule has 446 valence electrons. The van der Waals surface area contributed by atoms with Crippen molar-refractivity contribution in [2.75, 3.05) is 61.2 Å². The molecule has 2 saturated carbocycles. The summed E-state index contributed by atoms with van der Waals surface area (Å²) in [6.07, 6.45) is 10.9. The number of piperidine rings is 1. The number of pyridine rings is 1. The van der Waals surface area contributed by atoms with Crippen LogP contribution in [0.2, 0.25) is 0 Å². The van der Waals surface area contributed by atoms with Crippen molar-refractivity contribution >= 4 is 63.2 Å². The number of nitrogens with one attached hydrogen (secondary N) is 3. The number of nitrogens with zero attached hydrogens (tertiary/aromatic N) is 5. The molecule has 2 aliphatic carbocycles. The molecule has 83 heavy (non-hydrogen) atoms. The Labute approximate surface area is 483 Å². The first-order chi connectivity index (χ1) is 39.7. The van der Waals surface area contributed by atoms with Gasteiger partial charge in [-0.05, 0) is 152 Å². The van der Waals surface area contributed by atoms with Gasteiger partial charge in [-0.2, -0.15) is 4.98 Å². The topological polar surface area (TPSA) is 270 Å². The van der Waals surface area contributed by atoms with Gasteiger partial charge in [-0.15, -0.1) is 0 Å². The van der Waals surface area contributed by atoms with E-state index in [2.05, 4.69) is 68.7 Å². The predicted molar refractivity (Wildman–Crippen MR) is 310 cm³/mol. The number of hydrogen-bond donors (Lipinski definition) is 5. The van der Waals surface area contributed by atoms with Crippen LogP contribution in [0.3, 0.4) is 0 Å². The summed E-state index contributed by atoms with van der Waals surface area (Å²) >= 11 is 0. The third-order valence-corrected chi connectivity index (χ3v) is 20.7. The maximum Gasteiger partial charge on any atom is 0.470 e. The van der Waals surface area contributed by atoms with Gasteiger partial charge in [0.25, 0.3) is 21.6 Å². The lowest BCUT2D eigenvalue weighted by atomic mass is 9.66. The highest BCUT2D eigenvalue weighted by Gasteiger charge is 2.46. The Kier molecular flexibility index (Phi) is 15.7.